The molecule has 1 aromatic carbocycles. The zero-order valence-corrected chi connectivity index (χ0v) is 12.9. The van der Waals surface area contributed by atoms with Crippen LogP contribution in [0.15, 0.2) is 24.3 Å². The van der Waals surface area contributed by atoms with Gasteiger partial charge in [-0.25, -0.2) is 4.79 Å². The van der Waals surface area contributed by atoms with E-state index in [0.29, 0.717) is 10.7 Å². The first-order valence-electron chi connectivity index (χ1n) is 6.84. The van der Waals surface area contributed by atoms with Gasteiger partial charge in [0.05, 0.1) is 0 Å². The number of nitrogens with zero attached hydrogens (tertiary/aromatic N) is 2. The number of aromatic nitrogens is 2. The smallest absolute Gasteiger partial charge is 0.321 e. The molecule has 1 heterocycles. The first kappa shape index (κ1) is 15.9. The lowest BCUT2D eigenvalue weighted by Gasteiger charge is -2.06. The molecule has 0 radical (unpaired) electrons. The first-order chi connectivity index (χ1) is 10.6. The number of nitrogens with one attached hydrogen (secondary N) is 2. The van der Waals surface area contributed by atoms with Crippen molar-refractivity contribution in [1.82, 2.24) is 15.5 Å². The minimum Gasteiger partial charge on any atom is -0.366 e. The van der Waals surface area contributed by atoms with E-state index in [4.69, 9.17) is 5.73 Å². The predicted molar refractivity (Wildman–Crippen MR) is 84.7 cm³/mol. The fraction of sp³-hybridized carbons (Fsp3) is 0.286. The molecular formula is C14H17N5O2S. The van der Waals surface area contributed by atoms with E-state index in [1.807, 2.05) is 0 Å². The van der Waals surface area contributed by atoms with Gasteiger partial charge < -0.3 is 11.1 Å². The normalized spacial score (nSPS) is 10.2. The molecule has 0 aliphatic rings. The van der Waals surface area contributed by atoms with Gasteiger partial charge in [-0.1, -0.05) is 30.4 Å². The third-order valence-electron chi connectivity index (χ3n) is 2.82. The second-order valence-corrected chi connectivity index (χ2v) is 5.69. The van der Waals surface area contributed by atoms with Crippen molar-refractivity contribution in [2.24, 2.45) is 5.73 Å². The molecule has 4 N–H and O–H groups in total. The third kappa shape index (κ3) is 4.52. The highest BCUT2D eigenvalue weighted by Crippen LogP contribution is 2.16. The lowest BCUT2D eigenvalue weighted by atomic mass is 10.1. The van der Waals surface area contributed by atoms with E-state index in [2.05, 4.69) is 27.8 Å². The third-order valence-corrected chi connectivity index (χ3v) is 3.71. The van der Waals surface area contributed by atoms with Crippen LogP contribution in [0.3, 0.4) is 0 Å². The molecule has 3 amide bonds. The Morgan fingerprint density at radius 1 is 1.32 bits per heavy atom. The van der Waals surface area contributed by atoms with Gasteiger partial charge in [0, 0.05) is 18.5 Å². The zero-order valence-electron chi connectivity index (χ0n) is 12.1. The molecule has 0 saturated carbocycles. The van der Waals surface area contributed by atoms with Crippen molar-refractivity contribution >= 4 is 28.4 Å². The van der Waals surface area contributed by atoms with Crippen molar-refractivity contribution in [2.75, 3.05) is 5.32 Å². The zero-order chi connectivity index (χ0) is 15.9. The number of hydrogen-bond donors (Lipinski definition) is 3. The van der Waals surface area contributed by atoms with Crippen LogP contribution in [0.4, 0.5) is 9.93 Å². The highest BCUT2D eigenvalue weighted by Gasteiger charge is 2.08. The van der Waals surface area contributed by atoms with Crippen molar-refractivity contribution < 1.29 is 9.59 Å². The molecule has 7 nitrogen and oxygen atoms in total. The number of anilines is 1. The summed E-state index contributed by atoms with van der Waals surface area (Å²) in [6, 6.07) is 6.42. The molecule has 1 aromatic heterocycles. The molecule has 0 atom stereocenters. The van der Waals surface area contributed by atoms with Gasteiger partial charge in [0.25, 0.3) is 0 Å². The number of carbonyl (C=O) groups excluding carboxylic acids is 2. The average Bonchev–Trinajstić information content (AvgIpc) is 2.93. The van der Waals surface area contributed by atoms with Crippen LogP contribution >= 0.6 is 11.3 Å². The fourth-order valence-corrected chi connectivity index (χ4v) is 2.61. The number of carbonyl (C=O) groups is 2. The summed E-state index contributed by atoms with van der Waals surface area (Å²) >= 11 is 1.36. The molecular weight excluding hydrogens is 302 g/mol. The number of aryl methyl sites for hydroxylation is 1. The summed E-state index contributed by atoms with van der Waals surface area (Å²) < 4.78 is 0. The summed E-state index contributed by atoms with van der Waals surface area (Å²) in [6.07, 6.45) is 1.83. The van der Waals surface area contributed by atoms with E-state index in [-0.39, 0.29) is 12.6 Å². The summed E-state index contributed by atoms with van der Waals surface area (Å²) in [4.78, 5) is 22.9. The Balaban J connectivity index is 1.87. The van der Waals surface area contributed by atoms with Crippen molar-refractivity contribution in [2.45, 2.75) is 26.3 Å². The minimum atomic E-state index is -0.497. The molecule has 116 valence electrons. The summed E-state index contributed by atoms with van der Waals surface area (Å²) in [5.41, 5.74) is 6.41. The molecule has 2 rings (SSSR count). The van der Waals surface area contributed by atoms with Crippen molar-refractivity contribution in [3.05, 3.63) is 40.4 Å². The number of nitrogens with two attached hydrogens (primary N) is 1. The Labute approximate surface area is 131 Å². The Bertz CT molecular complexity index is 671. The van der Waals surface area contributed by atoms with Crippen LogP contribution in [0.2, 0.25) is 0 Å². The van der Waals surface area contributed by atoms with E-state index >= 15 is 0 Å². The number of amides is 3. The van der Waals surface area contributed by atoms with E-state index in [0.717, 1.165) is 23.4 Å². The average molecular weight is 319 g/mol. The molecule has 0 spiro atoms. The van der Waals surface area contributed by atoms with Gasteiger partial charge in [-0.3, -0.25) is 10.1 Å². The van der Waals surface area contributed by atoms with Crippen LogP contribution < -0.4 is 16.4 Å². The van der Waals surface area contributed by atoms with Crippen LogP contribution in [0, 0.1) is 0 Å². The van der Waals surface area contributed by atoms with Gasteiger partial charge in [0.2, 0.25) is 11.0 Å². The summed E-state index contributed by atoms with van der Waals surface area (Å²) in [5.74, 6) is -0.497. The number of hydrogen-bond acceptors (Lipinski definition) is 5. The van der Waals surface area contributed by atoms with Crippen LogP contribution in [0.5, 0.6) is 0 Å². The van der Waals surface area contributed by atoms with E-state index in [9.17, 15) is 9.59 Å². The maximum absolute atomic E-state index is 11.8. The van der Waals surface area contributed by atoms with Gasteiger partial charge in [0.15, 0.2) is 0 Å². The lowest BCUT2D eigenvalue weighted by molar-refractivity contribution is 0.1000. The Kier molecular flexibility index (Phi) is 5.42. The molecule has 0 aliphatic carbocycles. The topological polar surface area (TPSA) is 110 Å². The summed E-state index contributed by atoms with van der Waals surface area (Å²) in [5, 5.41) is 14.6. The SMILES string of the molecule is CCCc1nnc(NC(=O)NCc2cccc(C(N)=O)c2)s1. The quantitative estimate of drug-likeness (QED) is 0.755. The maximum atomic E-state index is 11.8. The van der Waals surface area contributed by atoms with E-state index in [1.54, 1.807) is 24.3 Å². The van der Waals surface area contributed by atoms with Crippen LogP contribution in [0.25, 0.3) is 0 Å². The van der Waals surface area contributed by atoms with Crippen molar-refractivity contribution in [1.29, 1.82) is 0 Å². The molecule has 0 bridgehead atoms. The second-order valence-electron chi connectivity index (χ2n) is 4.62. The van der Waals surface area contributed by atoms with E-state index < -0.39 is 5.91 Å². The van der Waals surface area contributed by atoms with Gasteiger partial charge >= 0.3 is 6.03 Å². The Morgan fingerprint density at radius 2 is 2.14 bits per heavy atom. The standard InChI is InChI=1S/C14H17N5O2S/c1-2-4-11-18-19-14(22-11)17-13(21)16-8-9-5-3-6-10(7-9)12(15)20/h3,5-7H,2,4,8H2,1H3,(H2,15,20)(H2,16,17,19,21). The summed E-state index contributed by atoms with van der Waals surface area (Å²) in [6.45, 7) is 2.34. The van der Waals surface area contributed by atoms with Crippen LogP contribution in [-0.4, -0.2) is 22.1 Å². The van der Waals surface area contributed by atoms with E-state index in [1.165, 1.54) is 11.3 Å². The van der Waals surface area contributed by atoms with Crippen molar-refractivity contribution in [3.63, 3.8) is 0 Å². The number of benzene rings is 1. The number of primary amides is 1. The largest absolute Gasteiger partial charge is 0.366 e. The maximum Gasteiger partial charge on any atom is 0.321 e. The molecule has 22 heavy (non-hydrogen) atoms. The first-order valence-corrected chi connectivity index (χ1v) is 7.66. The second kappa shape index (κ2) is 7.51. The van der Waals surface area contributed by atoms with Crippen LogP contribution in [0.1, 0.15) is 34.3 Å². The molecule has 8 heteroatoms. The Morgan fingerprint density at radius 3 is 2.86 bits per heavy atom. The predicted octanol–water partition coefficient (Wildman–Crippen LogP) is 1.91. The molecule has 0 fully saturated rings. The molecule has 0 unspecified atom stereocenters. The highest BCUT2D eigenvalue weighted by atomic mass is 32.1. The highest BCUT2D eigenvalue weighted by molar-refractivity contribution is 7.15. The van der Waals surface area contributed by atoms with Crippen LogP contribution in [-0.2, 0) is 13.0 Å². The molecule has 0 saturated heterocycles. The van der Waals surface area contributed by atoms with Gasteiger partial charge in [-0.15, -0.1) is 10.2 Å². The monoisotopic (exact) mass is 319 g/mol. The Hall–Kier alpha value is -2.48. The number of rotatable bonds is 6. The minimum absolute atomic E-state index is 0.285. The van der Waals surface area contributed by atoms with Crippen molar-refractivity contribution in [3.8, 4) is 0 Å². The number of urea groups is 1. The lowest BCUT2D eigenvalue weighted by Crippen LogP contribution is -2.28. The van der Waals surface area contributed by atoms with Gasteiger partial charge in [-0.2, -0.15) is 0 Å². The molecule has 0 aliphatic heterocycles. The van der Waals surface area contributed by atoms with Gasteiger partial charge in [-0.05, 0) is 24.1 Å². The fourth-order valence-electron chi connectivity index (χ4n) is 1.78. The summed E-state index contributed by atoms with van der Waals surface area (Å²) in [7, 11) is 0. The molecule has 2 aromatic rings. The van der Waals surface area contributed by atoms with Gasteiger partial charge in [0.1, 0.15) is 5.01 Å².